The number of carbonyl (C=O) groups is 2. The maximum atomic E-state index is 12.5. The Balaban J connectivity index is 1.36. The number of hydrogen-bond donors (Lipinski definition) is 3. The second-order valence-electron chi connectivity index (χ2n) is 7.21. The molecule has 1 saturated carbocycles. The molecular weight excluding hydrogens is 360 g/mol. The van der Waals surface area contributed by atoms with Gasteiger partial charge in [-0.3, -0.25) is 10.1 Å². The van der Waals surface area contributed by atoms with Gasteiger partial charge in [0.05, 0.1) is 5.69 Å². The lowest BCUT2D eigenvalue weighted by atomic mass is 10.0. The van der Waals surface area contributed by atoms with Crippen LogP contribution in [0.2, 0.25) is 0 Å². The van der Waals surface area contributed by atoms with E-state index in [-0.39, 0.29) is 11.9 Å². The van der Waals surface area contributed by atoms with E-state index in [0.717, 1.165) is 31.4 Å². The largest absolute Gasteiger partial charge is 0.335 e. The number of fused-ring (bicyclic) bond motifs is 1. The first kappa shape index (κ1) is 18.0. The number of anilines is 2. The van der Waals surface area contributed by atoms with Crippen molar-refractivity contribution in [3.05, 3.63) is 40.4 Å². The molecule has 2 aliphatic carbocycles. The second kappa shape index (κ2) is 8.08. The minimum absolute atomic E-state index is 0.175. The van der Waals surface area contributed by atoms with Crippen molar-refractivity contribution in [2.75, 3.05) is 10.6 Å². The number of benzene rings is 1. The van der Waals surface area contributed by atoms with Gasteiger partial charge in [0.2, 0.25) is 0 Å². The highest BCUT2D eigenvalue weighted by atomic mass is 32.1. The Morgan fingerprint density at radius 2 is 1.70 bits per heavy atom. The quantitative estimate of drug-likeness (QED) is 0.733. The fourth-order valence-corrected chi connectivity index (χ4v) is 4.26. The summed E-state index contributed by atoms with van der Waals surface area (Å²) in [5.74, 6) is -0.175. The van der Waals surface area contributed by atoms with Crippen LogP contribution in [0.25, 0.3) is 0 Å². The Morgan fingerprint density at radius 3 is 2.44 bits per heavy atom. The van der Waals surface area contributed by atoms with Crippen LogP contribution < -0.4 is 16.0 Å². The number of urea groups is 1. The highest BCUT2D eigenvalue weighted by Crippen LogP contribution is 2.28. The fraction of sp³-hybridized carbons (Fsp3) is 0.450. The summed E-state index contributed by atoms with van der Waals surface area (Å²) >= 11 is 1.60. The number of nitrogens with zero attached hydrogens (tertiary/aromatic N) is 1. The van der Waals surface area contributed by atoms with Gasteiger partial charge in [-0.1, -0.05) is 12.8 Å². The molecule has 2 aliphatic rings. The van der Waals surface area contributed by atoms with Crippen molar-refractivity contribution >= 4 is 34.1 Å². The van der Waals surface area contributed by atoms with E-state index in [4.69, 9.17) is 0 Å². The number of aromatic nitrogens is 1. The summed E-state index contributed by atoms with van der Waals surface area (Å²) in [4.78, 5) is 30.2. The first-order valence-electron chi connectivity index (χ1n) is 9.65. The number of rotatable bonds is 4. The lowest BCUT2D eigenvalue weighted by Gasteiger charge is -2.07. The topological polar surface area (TPSA) is 83.1 Å². The third kappa shape index (κ3) is 4.86. The zero-order valence-corrected chi connectivity index (χ0v) is 16.0. The molecule has 27 heavy (non-hydrogen) atoms. The maximum absolute atomic E-state index is 12.5. The summed E-state index contributed by atoms with van der Waals surface area (Å²) < 4.78 is 0. The summed E-state index contributed by atoms with van der Waals surface area (Å²) in [5.41, 5.74) is 2.36. The van der Waals surface area contributed by atoms with Crippen LogP contribution in [0.3, 0.4) is 0 Å². The van der Waals surface area contributed by atoms with Crippen molar-refractivity contribution in [1.29, 1.82) is 0 Å². The number of carbonyl (C=O) groups excluding carboxylic acids is 2. The van der Waals surface area contributed by atoms with Gasteiger partial charge in [0.1, 0.15) is 0 Å². The Morgan fingerprint density at radius 1 is 0.963 bits per heavy atom. The molecule has 3 N–H and O–H groups in total. The molecule has 142 valence electrons. The van der Waals surface area contributed by atoms with Gasteiger partial charge in [-0.2, -0.15) is 0 Å². The number of aryl methyl sites for hydroxylation is 2. The van der Waals surface area contributed by atoms with Crippen LogP contribution >= 0.6 is 11.3 Å². The Kier molecular flexibility index (Phi) is 5.38. The van der Waals surface area contributed by atoms with Crippen LogP contribution in [0.4, 0.5) is 15.6 Å². The highest BCUT2D eigenvalue weighted by molar-refractivity contribution is 7.15. The average molecular weight is 385 g/mol. The van der Waals surface area contributed by atoms with Crippen LogP contribution in [0, 0.1) is 0 Å². The van der Waals surface area contributed by atoms with Crippen molar-refractivity contribution in [2.24, 2.45) is 0 Å². The van der Waals surface area contributed by atoms with Crippen molar-refractivity contribution in [1.82, 2.24) is 10.3 Å². The summed E-state index contributed by atoms with van der Waals surface area (Å²) in [6, 6.07) is 7.02. The van der Waals surface area contributed by atoms with Crippen LogP contribution in [-0.4, -0.2) is 23.0 Å². The lowest BCUT2D eigenvalue weighted by Crippen LogP contribution is -2.30. The van der Waals surface area contributed by atoms with Gasteiger partial charge in [-0.05, 0) is 62.8 Å². The Hall–Kier alpha value is -2.41. The van der Waals surface area contributed by atoms with Gasteiger partial charge in [0, 0.05) is 22.2 Å². The molecule has 4 rings (SSSR count). The first-order valence-corrected chi connectivity index (χ1v) is 10.5. The van der Waals surface area contributed by atoms with Crippen LogP contribution in [0.15, 0.2) is 24.3 Å². The van der Waals surface area contributed by atoms with Gasteiger partial charge >= 0.3 is 6.03 Å². The molecule has 3 amide bonds. The zero-order valence-electron chi connectivity index (χ0n) is 15.2. The molecule has 6 nitrogen and oxygen atoms in total. The zero-order chi connectivity index (χ0) is 18.6. The van der Waals surface area contributed by atoms with Crippen molar-refractivity contribution in [2.45, 2.75) is 57.4 Å². The summed E-state index contributed by atoms with van der Waals surface area (Å²) in [6.45, 7) is 0. The van der Waals surface area contributed by atoms with Crippen molar-refractivity contribution < 1.29 is 9.59 Å². The summed E-state index contributed by atoms with van der Waals surface area (Å²) in [6.07, 6.45) is 9.07. The van der Waals surface area contributed by atoms with Crippen molar-refractivity contribution in [3.63, 3.8) is 0 Å². The van der Waals surface area contributed by atoms with Crippen LogP contribution in [0.5, 0.6) is 0 Å². The molecule has 1 fully saturated rings. The molecule has 0 aliphatic heterocycles. The minimum Gasteiger partial charge on any atom is -0.335 e. The number of nitrogens with one attached hydrogen (secondary N) is 3. The molecular formula is C20H24N4O2S. The predicted molar refractivity (Wildman–Crippen MR) is 108 cm³/mol. The van der Waals surface area contributed by atoms with E-state index in [1.807, 2.05) is 0 Å². The van der Waals surface area contributed by atoms with E-state index in [1.165, 1.54) is 30.6 Å². The molecule has 0 spiro atoms. The molecule has 7 heteroatoms. The third-order valence-corrected chi connectivity index (χ3v) is 5.96. The van der Waals surface area contributed by atoms with Crippen LogP contribution in [-0.2, 0) is 12.8 Å². The van der Waals surface area contributed by atoms with E-state index < -0.39 is 0 Å². The highest BCUT2D eigenvalue weighted by Gasteiger charge is 2.23. The SMILES string of the molecule is O=C(Nc1ccc(C(=O)Nc2nc3c(s2)CCCCCC3)cc1)NC1CC1. The smallest absolute Gasteiger partial charge is 0.319 e. The Bertz CT molecular complexity index is 802. The normalized spacial score (nSPS) is 16.6. The molecule has 1 aromatic heterocycles. The average Bonchev–Trinajstić information content (AvgIpc) is 3.37. The third-order valence-electron chi connectivity index (χ3n) is 4.88. The number of thiazole rings is 1. The standard InChI is InChI=1S/C20H24N4O2S/c25-18(24-20-23-16-5-3-1-2-4-6-17(16)27-20)13-7-9-14(10-8-13)21-19(26)22-15-11-12-15/h7-10,15H,1-6,11-12H2,(H2,21,22,26)(H,23,24,25). The van der Waals surface area contributed by atoms with Gasteiger partial charge in [0.25, 0.3) is 5.91 Å². The molecule has 1 heterocycles. The predicted octanol–water partition coefficient (Wildman–Crippen LogP) is 4.34. The van der Waals surface area contributed by atoms with Gasteiger partial charge in [-0.15, -0.1) is 11.3 Å². The van der Waals surface area contributed by atoms with E-state index in [0.29, 0.717) is 22.4 Å². The second-order valence-corrected chi connectivity index (χ2v) is 8.29. The fourth-order valence-electron chi connectivity index (χ4n) is 3.21. The van der Waals surface area contributed by atoms with E-state index in [1.54, 1.807) is 35.6 Å². The molecule has 0 radical (unpaired) electrons. The minimum atomic E-state index is -0.199. The van der Waals surface area contributed by atoms with E-state index >= 15 is 0 Å². The van der Waals surface area contributed by atoms with E-state index in [9.17, 15) is 9.59 Å². The number of hydrogen-bond acceptors (Lipinski definition) is 4. The van der Waals surface area contributed by atoms with Crippen LogP contribution in [0.1, 0.15) is 59.5 Å². The molecule has 0 bridgehead atoms. The molecule has 2 aromatic rings. The van der Waals surface area contributed by atoms with Gasteiger partial charge in [0.15, 0.2) is 5.13 Å². The van der Waals surface area contributed by atoms with E-state index in [2.05, 4.69) is 20.9 Å². The number of amides is 3. The van der Waals surface area contributed by atoms with Gasteiger partial charge in [-0.25, -0.2) is 9.78 Å². The van der Waals surface area contributed by atoms with Gasteiger partial charge < -0.3 is 10.6 Å². The summed E-state index contributed by atoms with van der Waals surface area (Å²) in [7, 11) is 0. The maximum Gasteiger partial charge on any atom is 0.319 e. The molecule has 0 saturated heterocycles. The molecule has 0 atom stereocenters. The van der Waals surface area contributed by atoms with Crippen molar-refractivity contribution in [3.8, 4) is 0 Å². The Labute approximate surface area is 162 Å². The monoisotopic (exact) mass is 384 g/mol. The summed E-state index contributed by atoms with van der Waals surface area (Å²) in [5, 5.41) is 9.25. The lowest BCUT2D eigenvalue weighted by molar-refractivity contribution is 0.102. The molecule has 1 aromatic carbocycles. The molecule has 0 unspecified atom stereocenters. The first-order chi connectivity index (χ1) is 13.2.